The zero-order valence-corrected chi connectivity index (χ0v) is 11.5. The molecule has 2 rings (SSSR count). The van der Waals surface area contributed by atoms with Crippen molar-refractivity contribution in [2.45, 2.75) is 32.8 Å². The summed E-state index contributed by atoms with van der Waals surface area (Å²) in [7, 11) is 0. The number of aromatic nitrogens is 2. The van der Waals surface area contributed by atoms with Gasteiger partial charge >= 0.3 is 0 Å². The molecule has 3 nitrogen and oxygen atoms in total. The molecule has 0 fully saturated rings. The van der Waals surface area contributed by atoms with E-state index in [9.17, 15) is 0 Å². The average Bonchev–Trinajstić information content (AvgIpc) is 2.77. The lowest BCUT2D eigenvalue weighted by Gasteiger charge is -2.08. The minimum atomic E-state index is 0.543. The van der Waals surface area contributed by atoms with Crippen molar-refractivity contribution in [2.24, 2.45) is 0 Å². The summed E-state index contributed by atoms with van der Waals surface area (Å²) < 4.78 is 2.02. The first-order valence-electron chi connectivity index (χ1n) is 6.15. The Kier molecular flexibility index (Phi) is 4.26. The van der Waals surface area contributed by atoms with Crippen LogP contribution in [-0.2, 0) is 19.0 Å². The van der Waals surface area contributed by atoms with Crippen LogP contribution in [0.2, 0.25) is 0 Å². The van der Waals surface area contributed by atoms with Gasteiger partial charge in [-0.05, 0) is 37.6 Å². The molecule has 18 heavy (non-hydrogen) atoms. The number of halogens is 1. The van der Waals surface area contributed by atoms with E-state index in [1.54, 1.807) is 0 Å². The second-order valence-corrected chi connectivity index (χ2v) is 4.55. The van der Waals surface area contributed by atoms with E-state index in [0.717, 1.165) is 30.0 Å². The predicted molar refractivity (Wildman–Crippen MR) is 76.0 cm³/mol. The number of aryl methyl sites for hydroxylation is 2. The number of benzene rings is 1. The van der Waals surface area contributed by atoms with Gasteiger partial charge in [0, 0.05) is 18.1 Å². The van der Waals surface area contributed by atoms with E-state index in [1.807, 2.05) is 23.7 Å². The number of hydrogen-bond acceptors (Lipinski definition) is 2. The van der Waals surface area contributed by atoms with Crippen LogP contribution in [0.25, 0.3) is 0 Å². The molecule has 0 aliphatic carbocycles. The van der Waals surface area contributed by atoms with Gasteiger partial charge in [0.05, 0.1) is 17.9 Å². The van der Waals surface area contributed by atoms with Gasteiger partial charge in [0.15, 0.2) is 0 Å². The van der Waals surface area contributed by atoms with Crippen LogP contribution in [0, 0.1) is 6.92 Å². The lowest BCUT2D eigenvalue weighted by Crippen LogP contribution is -2.07. The minimum absolute atomic E-state index is 0.543. The lowest BCUT2D eigenvalue weighted by molar-refractivity contribution is 0.623. The fourth-order valence-electron chi connectivity index (χ4n) is 1.97. The zero-order chi connectivity index (χ0) is 13.0. The third kappa shape index (κ3) is 3.05. The summed E-state index contributed by atoms with van der Waals surface area (Å²) in [4.78, 5) is 0. The van der Waals surface area contributed by atoms with E-state index < -0.39 is 0 Å². The summed E-state index contributed by atoms with van der Waals surface area (Å²) in [5, 5.41) is 7.83. The molecule has 96 valence electrons. The first kappa shape index (κ1) is 13.0. The molecule has 0 bridgehead atoms. The average molecular weight is 264 g/mol. The molecule has 1 aromatic heterocycles. The topological polar surface area (TPSA) is 29.9 Å². The highest BCUT2D eigenvalue weighted by atomic mass is 35.5. The van der Waals surface area contributed by atoms with Crippen LogP contribution in [-0.4, -0.2) is 9.78 Å². The van der Waals surface area contributed by atoms with Gasteiger partial charge in [0.25, 0.3) is 0 Å². The first-order chi connectivity index (χ1) is 8.72. The molecule has 0 aliphatic heterocycles. The maximum Gasteiger partial charge on any atom is 0.0597 e. The van der Waals surface area contributed by atoms with Gasteiger partial charge in [-0.15, -0.1) is 11.6 Å². The monoisotopic (exact) mass is 263 g/mol. The van der Waals surface area contributed by atoms with Crippen LogP contribution in [0.5, 0.6) is 0 Å². The highest BCUT2D eigenvalue weighted by Crippen LogP contribution is 2.14. The third-order valence-electron chi connectivity index (χ3n) is 2.84. The first-order valence-corrected chi connectivity index (χ1v) is 6.68. The number of nitrogens with one attached hydrogen (secondary N) is 1. The molecule has 0 saturated heterocycles. The SMILES string of the molecule is CCn1nc(C)cc1CNc1cccc(CCl)c1. The Morgan fingerprint density at radius 3 is 2.89 bits per heavy atom. The van der Waals surface area contributed by atoms with Gasteiger partial charge in [-0.1, -0.05) is 12.1 Å². The Morgan fingerprint density at radius 1 is 1.33 bits per heavy atom. The molecule has 0 atom stereocenters. The third-order valence-corrected chi connectivity index (χ3v) is 3.15. The van der Waals surface area contributed by atoms with Crippen molar-refractivity contribution in [2.75, 3.05) is 5.32 Å². The summed E-state index contributed by atoms with van der Waals surface area (Å²) in [6, 6.07) is 10.3. The molecule has 0 unspecified atom stereocenters. The highest BCUT2D eigenvalue weighted by molar-refractivity contribution is 6.17. The van der Waals surface area contributed by atoms with Crippen molar-refractivity contribution in [3.05, 3.63) is 47.3 Å². The summed E-state index contributed by atoms with van der Waals surface area (Å²) in [5.41, 5.74) is 4.48. The van der Waals surface area contributed by atoms with E-state index in [4.69, 9.17) is 11.6 Å². The van der Waals surface area contributed by atoms with Gasteiger partial charge in [-0.2, -0.15) is 5.10 Å². The summed E-state index contributed by atoms with van der Waals surface area (Å²) in [6.45, 7) is 5.79. The fraction of sp³-hybridized carbons (Fsp3) is 0.357. The molecule has 0 radical (unpaired) electrons. The van der Waals surface area contributed by atoms with Crippen LogP contribution >= 0.6 is 11.6 Å². The standard InChI is InChI=1S/C14H18ClN3/c1-3-18-14(7-11(2)17-18)10-16-13-6-4-5-12(8-13)9-15/h4-8,16H,3,9-10H2,1-2H3. The predicted octanol–water partition coefficient (Wildman–Crippen LogP) is 3.56. The molecular weight excluding hydrogens is 246 g/mol. The lowest BCUT2D eigenvalue weighted by atomic mass is 10.2. The van der Waals surface area contributed by atoms with E-state index in [0.29, 0.717) is 5.88 Å². The second-order valence-electron chi connectivity index (χ2n) is 4.28. The minimum Gasteiger partial charge on any atom is -0.379 e. The quantitative estimate of drug-likeness (QED) is 0.836. The van der Waals surface area contributed by atoms with Crippen molar-refractivity contribution < 1.29 is 0 Å². The maximum absolute atomic E-state index is 5.83. The van der Waals surface area contributed by atoms with Gasteiger partial charge in [-0.25, -0.2) is 0 Å². The molecule has 0 spiro atoms. The second kappa shape index (κ2) is 5.91. The molecule has 4 heteroatoms. The molecular formula is C14H18ClN3. The molecule has 0 aliphatic rings. The number of anilines is 1. The van der Waals surface area contributed by atoms with Crippen LogP contribution < -0.4 is 5.32 Å². The highest BCUT2D eigenvalue weighted by Gasteiger charge is 2.03. The number of nitrogens with zero attached hydrogens (tertiary/aromatic N) is 2. The normalized spacial score (nSPS) is 10.6. The Labute approximate surface area is 113 Å². The van der Waals surface area contributed by atoms with Crippen LogP contribution in [0.15, 0.2) is 30.3 Å². The van der Waals surface area contributed by atoms with Gasteiger partial charge in [0.2, 0.25) is 0 Å². The molecule has 0 amide bonds. The Hall–Kier alpha value is -1.48. The van der Waals surface area contributed by atoms with E-state index in [2.05, 4.69) is 35.5 Å². The van der Waals surface area contributed by atoms with Gasteiger partial charge < -0.3 is 5.32 Å². The number of alkyl halides is 1. The maximum atomic E-state index is 5.83. The summed E-state index contributed by atoms with van der Waals surface area (Å²) in [6.07, 6.45) is 0. The summed E-state index contributed by atoms with van der Waals surface area (Å²) in [5.74, 6) is 0.543. The van der Waals surface area contributed by atoms with Gasteiger partial charge in [-0.3, -0.25) is 4.68 Å². The number of rotatable bonds is 5. The molecule has 1 heterocycles. The molecule has 2 aromatic rings. The van der Waals surface area contributed by atoms with Crippen molar-refractivity contribution in [3.63, 3.8) is 0 Å². The Bertz CT molecular complexity index is 520. The van der Waals surface area contributed by atoms with Crippen LogP contribution in [0.4, 0.5) is 5.69 Å². The largest absolute Gasteiger partial charge is 0.379 e. The van der Waals surface area contributed by atoms with Crippen molar-refractivity contribution in [3.8, 4) is 0 Å². The van der Waals surface area contributed by atoms with Crippen molar-refractivity contribution in [1.82, 2.24) is 9.78 Å². The van der Waals surface area contributed by atoms with Crippen molar-refractivity contribution >= 4 is 17.3 Å². The fourth-order valence-corrected chi connectivity index (χ4v) is 2.14. The van der Waals surface area contributed by atoms with Crippen LogP contribution in [0.3, 0.4) is 0 Å². The molecule has 1 N–H and O–H groups in total. The Balaban J connectivity index is 2.06. The van der Waals surface area contributed by atoms with Gasteiger partial charge in [0.1, 0.15) is 0 Å². The van der Waals surface area contributed by atoms with Crippen molar-refractivity contribution in [1.29, 1.82) is 0 Å². The molecule has 0 saturated carbocycles. The molecule has 1 aromatic carbocycles. The van der Waals surface area contributed by atoms with E-state index in [-0.39, 0.29) is 0 Å². The van der Waals surface area contributed by atoms with E-state index in [1.165, 1.54) is 5.69 Å². The zero-order valence-electron chi connectivity index (χ0n) is 10.8. The smallest absolute Gasteiger partial charge is 0.0597 e. The number of hydrogen-bond donors (Lipinski definition) is 1. The van der Waals surface area contributed by atoms with Crippen LogP contribution in [0.1, 0.15) is 23.9 Å². The Morgan fingerprint density at radius 2 is 2.17 bits per heavy atom. The van der Waals surface area contributed by atoms with E-state index >= 15 is 0 Å². The summed E-state index contributed by atoms with van der Waals surface area (Å²) >= 11 is 5.83.